The molecule has 0 bridgehead atoms. The van der Waals surface area contributed by atoms with Crippen LogP contribution in [0, 0.1) is 23.7 Å². The van der Waals surface area contributed by atoms with Crippen LogP contribution in [0.25, 0.3) is 0 Å². The van der Waals surface area contributed by atoms with Gasteiger partial charge in [-0.2, -0.15) is 0 Å². The average Bonchev–Trinajstić information content (AvgIpc) is 1.96. The molecule has 2 heteroatoms. The summed E-state index contributed by atoms with van der Waals surface area (Å²) in [4.78, 5) is 0. The Morgan fingerprint density at radius 3 is 2.08 bits per heavy atom. The highest BCUT2D eigenvalue weighted by atomic mass is 19.1. The minimum absolute atomic E-state index is 0.157. The highest BCUT2D eigenvalue weighted by Gasteiger charge is 2.35. The lowest BCUT2D eigenvalue weighted by Crippen LogP contribution is -2.33. The number of hydrogen-bond donors (Lipinski definition) is 0. The Morgan fingerprint density at radius 1 is 1.17 bits per heavy atom. The van der Waals surface area contributed by atoms with Gasteiger partial charge in [-0.3, -0.25) is 0 Å². The lowest BCUT2D eigenvalue weighted by Gasteiger charge is -2.29. The summed E-state index contributed by atoms with van der Waals surface area (Å²) in [6.07, 6.45) is -1.23. The van der Waals surface area contributed by atoms with E-state index in [0.29, 0.717) is 12.8 Å². The first-order valence-corrected chi connectivity index (χ1v) is 4.35. The third kappa shape index (κ3) is 1.97. The van der Waals surface area contributed by atoms with E-state index in [1.807, 2.05) is 6.92 Å². The molecule has 2 atom stereocenters. The first kappa shape index (κ1) is 9.51. The third-order valence-electron chi connectivity index (χ3n) is 2.35. The minimum Gasteiger partial charge on any atom is -0.246 e. The van der Waals surface area contributed by atoms with Gasteiger partial charge in [-0.25, -0.2) is 8.78 Å². The highest BCUT2D eigenvalue weighted by molar-refractivity contribution is 5.08. The Balaban J connectivity index is 2.64. The summed E-state index contributed by atoms with van der Waals surface area (Å²) in [5, 5.41) is 0. The monoisotopic (exact) mass is 172 g/mol. The van der Waals surface area contributed by atoms with Gasteiger partial charge in [0, 0.05) is 0 Å². The molecule has 1 saturated carbocycles. The standard InChI is InChI=1S/C10H14F2/c1-3-4-8-9(11)5-7(2)6-10(8)12/h7-10H,5-6H2,1-2H3. The van der Waals surface area contributed by atoms with Crippen LogP contribution in [0.3, 0.4) is 0 Å². The maximum Gasteiger partial charge on any atom is 0.117 e. The molecule has 68 valence electrons. The predicted octanol–water partition coefficient (Wildman–Crippen LogP) is 2.73. The first-order valence-electron chi connectivity index (χ1n) is 4.35. The largest absolute Gasteiger partial charge is 0.246 e. The molecular weight excluding hydrogens is 158 g/mol. The molecule has 0 heterocycles. The van der Waals surface area contributed by atoms with Crippen LogP contribution in [0.4, 0.5) is 8.78 Å². The number of alkyl halides is 2. The van der Waals surface area contributed by atoms with Crippen molar-refractivity contribution in [3.8, 4) is 11.8 Å². The molecule has 12 heavy (non-hydrogen) atoms. The summed E-state index contributed by atoms with van der Waals surface area (Å²) in [5.41, 5.74) is 0. The van der Waals surface area contributed by atoms with Gasteiger partial charge in [-0.1, -0.05) is 12.8 Å². The van der Waals surface area contributed by atoms with Crippen LogP contribution < -0.4 is 0 Å². The molecule has 0 aromatic heterocycles. The second kappa shape index (κ2) is 3.89. The van der Waals surface area contributed by atoms with Crippen molar-refractivity contribution in [1.29, 1.82) is 0 Å². The SMILES string of the molecule is CC#CC1C(F)CC(C)CC1F. The molecule has 2 unspecified atom stereocenters. The lowest BCUT2D eigenvalue weighted by molar-refractivity contribution is 0.0815. The molecule has 0 nitrogen and oxygen atoms in total. The van der Waals surface area contributed by atoms with Gasteiger partial charge in [0.25, 0.3) is 0 Å². The molecule has 0 aliphatic heterocycles. The van der Waals surface area contributed by atoms with Crippen molar-refractivity contribution < 1.29 is 8.78 Å². The van der Waals surface area contributed by atoms with Gasteiger partial charge in [0.2, 0.25) is 0 Å². The fraction of sp³-hybridized carbons (Fsp3) is 0.800. The van der Waals surface area contributed by atoms with E-state index >= 15 is 0 Å². The minimum atomic E-state index is -1.07. The number of halogens is 2. The molecule has 0 radical (unpaired) electrons. The maximum atomic E-state index is 13.2. The summed E-state index contributed by atoms with van der Waals surface area (Å²) >= 11 is 0. The summed E-state index contributed by atoms with van der Waals surface area (Å²) in [6.45, 7) is 3.51. The van der Waals surface area contributed by atoms with Crippen molar-refractivity contribution in [3.63, 3.8) is 0 Å². The Hall–Kier alpha value is -0.580. The van der Waals surface area contributed by atoms with Crippen LogP contribution in [0.5, 0.6) is 0 Å². The van der Waals surface area contributed by atoms with Gasteiger partial charge in [-0.05, 0) is 25.7 Å². The Bertz CT molecular complexity index is 190. The molecule has 1 aliphatic carbocycles. The zero-order valence-electron chi connectivity index (χ0n) is 7.48. The van der Waals surface area contributed by atoms with Gasteiger partial charge in [0.05, 0.1) is 5.92 Å². The molecule has 0 aromatic carbocycles. The fourth-order valence-electron chi connectivity index (χ4n) is 1.73. The van der Waals surface area contributed by atoms with Crippen LogP contribution in [0.2, 0.25) is 0 Å². The first-order chi connectivity index (χ1) is 5.65. The maximum absolute atomic E-state index is 13.2. The van der Waals surface area contributed by atoms with E-state index in [1.54, 1.807) is 6.92 Å². The number of rotatable bonds is 0. The third-order valence-corrected chi connectivity index (χ3v) is 2.35. The van der Waals surface area contributed by atoms with Crippen LogP contribution in [-0.4, -0.2) is 12.3 Å². The van der Waals surface area contributed by atoms with Crippen molar-refractivity contribution in [2.75, 3.05) is 0 Å². The van der Waals surface area contributed by atoms with Crippen molar-refractivity contribution in [2.24, 2.45) is 11.8 Å². The van der Waals surface area contributed by atoms with E-state index in [2.05, 4.69) is 11.8 Å². The fourth-order valence-corrected chi connectivity index (χ4v) is 1.73. The van der Waals surface area contributed by atoms with Crippen molar-refractivity contribution in [3.05, 3.63) is 0 Å². The topological polar surface area (TPSA) is 0 Å². The van der Waals surface area contributed by atoms with E-state index in [-0.39, 0.29) is 5.92 Å². The second-order valence-corrected chi connectivity index (χ2v) is 3.53. The molecule has 0 aromatic rings. The molecule has 1 aliphatic rings. The van der Waals surface area contributed by atoms with E-state index < -0.39 is 18.3 Å². The van der Waals surface area contributed by atoms with E-state index in [9.17, 15) is 8.78 Å². The average molecular weight is 172 g/mol. The van der Waals surface area contributed by atoms with Crippen molar-refractivity contribution in [2.45, 2.75) is 39.0 Å². The molecule has 0 saturated heterocycles. The molecule has 0 N–H and O–H groups in total. The van der Waals surface area contributed by atoms with Gasteiger partial charge in [0.15, 0.2) is 0 Å². The number of hydrogen-bond acceptors (Lipinski definition) is 0. The van der Waals surface area contributed by atoms with E-state index in [1.165, 1.54) is 0 Å². The predicted molar refractivity (Wildman–Crippen MR) is 45.1 cm³/mol. The van der Waals surface area contributed by atoms with Crippen LogP contribution in [0.1, 0.15) is 26.7 Å². The molecule has 0 amide bonds. The summed E-state index contributed by atoms with van der Waals surface area (Å²) in [5.74, 6) is 4.67. The zero-order chi connectivity index (χ0) is 9.14. The molecule has 1 rings (SSSR count). The lowest BCUT2D eigenvalue weighted by atomic mass is 9.80. The Morgan fingerprint density at radius 2 is 1.67 bits per heavy atom. The zero-order valence-corrected chi connectivity index (χ0v) is 7.48. The smallest absolute Gasteiger partial charge is 0.117 e. The van der Waals surface area contributed by atoms with Crippen molar-refractivity contribution >= 4 is 0 Å². The summed E-state index contributed by atoms with van der Waals surface area (Å²) < 4.78 is 26.4. The van der Waals surface area contributed by atoms with Gasteiger partial charge in [0.1, 0.15) is 12.3 Å². The van der Waals surface area contributed by atoms with Gasteiger partial charge >= 0.3 is 0 Å². The second-order valence-electron chi connectivity index (χ2n) is 3.53. The molecule has 1 fully saturated rings. The van der Waals surface area contributed by atoms with E-state index in [4.69, 9.17) is 0 Å². The van der Waals surface area contributed by atoms with Crippen LogP contribution in [0.15, 0.2) is 0 Å². The Labute approximate surface area is 72.3 Å². The quantitative estimate of drug-likeness (QED) is 0.493. The van der Waals surface area contributed by atoms with Crippen molar-refractivity contribution in [1.82, 2.24) is 0 Å². The Kier molecular flexibility index (Phi) is 3.08. The van der Waals surface area contributed by atoms with Gasteiger partial charge in [-0.15, -0.1) is 5.92 Å². The normalized spacial score (nSPS) is 41.7. The highest BCUT2D eigenvalue weighted by Crippen LogP contribution is 2.32. The molecule has 0 spiro atoms. The van der Waals surface area contributed by atoms with Crippen LogP contribution in [-0.2, 0) is 0 Å². The van der Waals surface area contributed by atoms with E-state index in [0.717, 1.165) is 0 Å². The molecular formula is C10H14F2. The van der Waals surface area contributed by atoms with Gasteiger partial charge < -0.3 is 0 Å². The summed E-state index contributed by atoms with van der Waals surface area (Å²) in [6, 6.07) is 0. The summed E-state index contributed by atoms with van der Waals surface area (Å²) in [7, 11) is 0. The van der Waals surface area contributed by atoms with Crippen LogP contribution >= 0.6 is 0 Å².